The smallest absolute Gasteiger partial charge is 0.375 e. The van der Waals surface area contributed by atoms with E-state index in [4.69, 9.17) is 16.3 Å². The summed E-state index contributed by atoms with van der Waals surface area (Å²) >= 11 is 6.03. The number of aryl methyl sites for hydroxylation is 1. The first-order chi connectivity index (χ1) is 14.8. The van der Waals surface area contributed by atoms with E-state index in [-0.39, 0.29) is 11.0 Å². The number of alkyl halides is 3. The molecule has 4 rings (SSSR count). The molecule has 1 aromatic heterocycles. The minimum Gasteiger partial charge on any atom is -0.375 e. The van der Waals surface area contributed by atoms with Gasteiger partial charge in [0.15, 0.2) is 0 Å². The standard InChI is InChI=1S/C25H29ClF3NO/c26-22-14-19(16-30-17-22)6-1-2-9-23(12-13-31-24(18-23)10-3-4-11-24)20-7-5-8-21(15-20)25(27,28)29/h5,7-8,14-17H,1-4,6,9-13,18H2/t23-/m1/s1. The second kappa shape index (κ2) is 9.11. The van der Waals surface area contributed by atoms with Crippen LogP contribution in [0.5, 0.6) is 0 Å². The minimum atomic E-state index is -4.33. The van der Waals surface area contributed by atoms with E-state index in [1.165, 1.54) is 12.1 Å². The van der Waals surface area contributed by atoms with Crippen LogP contribution in [0.4, 0.5) is 13.2 Å². The molecule has 0 amide bonds. The minimum absolute atomic E-state index is 0.163. The lowest BCUT2D eigenvalue weighted by Gasteiger charge is -2.47. The van der Waals surface area contributed by atoms with Gasteiger partial charge < -0.3 is 4.74 Å². The summed E-state index contributed by atoms with van der Waals surface area (Å²) in [5.74, 6) is 0. The predicted molar refractivity (Wildman–Crippen MR) is 116 cm³/mol. The fraction of sp³-hybridized carbons (Fsp3) is 0.560. The highest BCUT2D eigenvalue weighted by atomic mass is 35.5. The zero-order valence-corrected chi connectivity index (χ0v) is 18.4. The van der Waals surface area contributed by atoms with Crippen molar-refractivity contribution in [3.05, 3.63) is 64.4 Å². The van der Waals surface area contributed by atoms with Gasteiger partial charge in [0.05, 0.1) is 16.2 Å². The maximum Gasteiger partial charge on any atom is 0.416 e. The van der Waals surface area contributed by atoms with Gasteiger partial charge in [0.2, 0.25) is 0 Å². The quantitative estimate of drug-likeness (QED) is 0.423. The van der Waals surface area contributed by atoms with Crippen LogP contribution in [0.1, 0.15) is 74.5 Å². The Hall–Kier alpha value is -1.59. The number of unbranched alkanes of at least 4 members (excludes halogenated alkanes) is 1. The number of rotatable bonds is 6. The number of ether oxygens (including phenoxy) is 1. The van der Waals surface area contributed by atoms with Gasteiger partial charge in [-0.25, -0.2) is 0 Å². The molecule has 1 aliphatic carbocycles. The van der Waals surface area contributed by atoms with Crippen LogP contribution >= 0.6 is 11.6 Å². The van der Waals surface area contributed by atoms with E-state index in [0.717, 1.165) is 75.3 Å². The number of benzene rings is 1. The predicted octanol–water partition coefficient (Wildman–Crippen LogP) is 7.53. The first-order valence-corrected chi connectivity index (χ1v) is 11.6. The molecule has 6 heteroatoms. The highest BCUT2D eigenvalue weighted by molar-refractivity contribution is 6.30. The number of aromatic nitrogens is 1. The Morgan fingerprint density at radius 3 is 2.58 bits per heavy atom. The molecule has 1 aliphatic heterocycles. The molecule has 168 valence electrons. The van der Waals surface area contributed by atoms with Crippen molar-refractivity contribution in [2.24, 2.45) is 0 Å². The molecule has 1 spiro atoms. The van der Waals surface area contributed by atoms with E-state index in [1.54, 1.807) is 12.3 Å². The summed E-state index contributed by atoms with van der Waals surface area (Å²) in [6, 6.07) is 7.94. The SMILES string of the molecule is FC(F)(F)c1cccc([C@]2(CCCCc3cncc(Cl)c3)CCOC3(CCCC3)C2)c1. The van der Waals surface area contributed by atoms with E-state index < -0.39 is 11.7 Å². The van der Waals surface area contributed by atoms with Crippen LogP contribution < -0.4 is 0 Å². The van der Waals surface area contributed by atoms with Crippen molar-refractivity contribution in [2.75, 3.05) is 6.61 Å². The first kappa shape index (κ1) is 22.6. The topological polar surface area (TPSA) is 22.1 Å². The van der Waals surface area contributed by atoms with Crippen LogP contribution in [0.15, 0.2) is 42.7 Å². The summed E-state index contributed by atoms with van der Waals surface area (Å²) in [6.45, 7) is 0.620. The zero-order chi connectivity index (χ0) is 22.0. The van der Waals surface area contributed by atoms with Gasteiger partial charge in [-0.2, -0.15) is 13.2 Å². The van der Waals surface area contributed by atoms with Crippen LogP contribution in [0.3, 0.4) is 0 Å². The zero-order valence-electron chi connectivity index (χ0n) is 17.7. The molecule has 1 saturated carbocycles. The molecule has 1 saturated heterocycles. The Morgan fingerprint density at radius 1 is 1.03 bits per heavy atom. The summed E-state index contributed by atoms with van der Waals surface area (Å²) in [7, 11) is 0. The van der Waals surface area contributed by atoms with Crippen molar-refractivity contribution in [2.45, 2.75) is 81.4 Å². The van der Waals surface area contributed by atoms with Gasteiger partial charge >= 0.3 is 6.18 Å². The average Bonchev–Trinajstić information content (AvgIpc) is 3.18. The van der Waals surface area contributed by atoms with Gasteiger partial charge in [-0.15, -0.1) is 0 Å². The molecule has 0 bridgehead atoms. The number of hydrogen-bond donors (Lipinski definition) is 0. The number of nitrogens with zero attached hydrogens (tertiary/aromatic N) is 1. The number of halogens is 4. The summed E-state index contributed by atoms with van der Waals surface area (Å²) in [6.07, 6.45) is 8.66. The molecular weight excluding hydrogens is 423 g/mol. The molecule has 2 nitrogen and oxygen atoms in total. The Morgan fingerprint density at radius 2 is 1.84 bits per heavy atom. The van der Waals surface area contributed by atoms with Gasteiger partial charge in [0.1, 0.15) is 0 Å². The summed E-state index contributed by atoms with van der Waals surface area (Å²) in [5.41, 5.74) is 0.933. The first-order valence-electron chi connectivity index (χ1n) is 11.2. The van der Waals surface area contributed by atoms with Crippen molar-refractivity contribution in [1.29, 1.82) is 0 Å². The second-order valence-electron chi connectivity index (χ2n) is 9.24. The van der Waals surface area contributed by atoms with Crippen molar-refractivity contribution in [3.8, 4) is 0 Å². The normalized spacial score (nSPS) is 23.4. The Balaban J connectivity index is 1.54. The van der Waals surface area contributed by atoms with Gasteiger partial charge in [-0.3, -0.25) is 4.98 Å². The van der Waals surface area contributed by atoms with E-state index in [0.29, 0.717) is 11.6 Å². The molecule has 1 atom stereocenters. The lowest BCUT2D eigenvalue weighted by Crippen LogP contribution is -2.46. The van der Waals surface area contributed by atoms with Gasteiger partial charge in [0, 0.05) is 24.4 Å². The van der Waals surface area contributed by atoms with E-state index >= 15 is 0 Å². The summed E-state index contributed by atoms with van der Waals surface area (Å²) < 4.78 is 46.6. The van der Waals surface area contributed by atoms with Crippen LogP contribution in [0.2, 0.25) is 5.02 Å². The fourth-order valence-corrected chi connectivity index (χ4v) is 5.77. The molecule has 31 heavy (non-hydrogen) atoms. The number of pyridine rings is 1. The molecule has 0 radical (unpaired) electrons. The largest absolute Gasteiger partial charge is 0.416 e. The van der Waals surface area contributed by atoms with Crippen molar-refractivity contribution >= 4 is 11.6 Å². The Bertz CT molecular complexity index is 894. The maximum atomic E-state index is 13.4. The highest BCUT2D eigenvalue weighted by Crippen LogP contribution is 2.51. The molecule has 2 fully saturated rings. The lowest BCUT2D eigenvalue weighted by molar-refractivity contribution is -0.137. The molecule has 2 heterocycles. The van der Waals surface area contributed by atoms with Gasteiger partial charge in [0.25, 0.3) is 0 Å². The summed E-state index contributed by atoms with van der Waals surface area (Å²) in [5, 5.41) is 0.630. The third kappa shape index (κ3) is 5.25. The molecular formula is C25H29ClF3NO. The Kier molecular flexibility index (Phi) is 6.64. The molecule has 0 unspecified atom stereocenters. The van der Waals surface area contributed by atoms with Crippen LogP contribution in [0, 0.1) is 0 Å². The van der Waals surface area contributed by atoms with Gasteiger partial charge in [-0.05, 0) is 68.2 Å². The molecule has 0 N–H and O–H groups in total. The van der Waals surface area contributed by atoms with E-state index in [1.807, 2.05) is 18.3 Å². The number of hydrogen-bond acceptors (Lipinski definition) is 2. The molecule has 1 aromatic carbocycles. The van der Waals surface area contributed by atoms with Crippen molar-refractivity contribution < 1.29 is 17.9 Å². The van der Waals surface area contributed by atoms with Crippen molar-refractivity contribution in [1.82, 2.24) is 4.98 Å². The summed E-state index contributed by atoms with van der Waals surface area (Å²) in [4.78, 5) is 4.14. The lowest BCUT2D eigenvalue weighted by atomic mass is 9.65. The van der Waals surface area contributed by atoms with Gasteiger partial charge in [-0.1, -0.05) is 49.1 Å². The fourth-order valence-electron chi connectivity index (χ4n) is 5.57. The Labute approximate surface area is 187 Å². The molecule has 2 aromatic rings. The second-order valence-corrected chi connectivity index (χ2v) is 9.68. The van der Waals surface area contributed by atoms with Crippen molar-refractivity contribution in [3.63, 3.8) is 0 Å². The van der Waals surface area contributed by atoms with Crippen LogP contribution in [-0.4, -0.2) is 17.2 Å². The third-order valence-electron chi connectivity index (χ3n) is 7.10. The van der Waals surface area contributed by atoms with Crippen LogP contribution in [0.25, 0.3) is 0 Å². The monoisotopic (exact) mass is 451 g/mol. The van der Waals surface area contributed by atoms with E-state index in [9.17, 15) is 13.2 Å². The highest BCUT2D eigenvalue weighted by Gasteiger charge is 2.48. The van der Waals surface area contributed by atoms with Crippen LogP contribution in [-0.2, 0) is 22.7 Å². The maximum absolute atomic E-state index is 13.4. The molecule has 2 aliphatic rings. The third-order valence-corrected chi connectivity index (χ3v) is 7.31. The average molecular weight is 452 g/mol. The van der Waals surface area contributed by atoms with E-state index in [2.05, 4.69) is 4.98 Å².